The highest BCUT2D eigenvalue weighted by molar-refractivity contribution is 5.85. The Kier molecular flexibility index (Phi) is 5.13. The zero-order chi connectivity index (χ0) is 17.6. The third-order valence-electron chi connectivity index (χ3n) is 4.18. The maximum absolute atomic E-state index is 11.0. The topological polar surface area (TPSA) is 71.2 Å². The van der Waals surface area contributed by atoms with Crippen LogP contribution in [0.3, 0.4) is 0 Å². The van der Waals surface area contributed by atoms with Gasteiger partial charge in [0.05, 0.1) is 42.6 Å². The van der Waals surface area contributed by atoms with Crippen LogP contribution in [-0.2, 0) is 0 Å². The van der Waals surface area contributed by atoms with E-state index in [-0.39, 0.29) is 10.6 Å². The number of rotatable bonds is 5. The first kappa shape index (κ1) is 16.8. The van der Waals surface area contributed by atoms with Crippen molar-refractivity contribution in [3.63, 3.8) is 0 Å². The minimum atomic E-state index is -0.388. The lowest BCUT2D eigenvalue weighted by Gasteiger charge is -2.35. The summed E-state index contributed by atoms with van der Waals surface area (Å²) in [6.07, 6.45) is 1.57. The highest BCUT2D eigenvalue weighted by Gasteiger charge is 2.18. The molecule has 0 aromatic heterocycles. The first-order chi connectivity index (χ1) is 12.2. The normalized spacial score (nSPS) is 14.8. The fourth-order valence-corrected chi connectivity index (χ4v) is 2.85. The third kappa shape index (κ3) is 3.88. The van der Waals surface area contributed by atoms with Crippen molar-refractivity contribution in [1.82, 2.24) is 5.01 Å². The van der Waals surface area contributed by atoms with Gasteiger partial charge in [-0.25, -0.2) is 0 Å². The molecule has 0 saturated carbocycles. The van der Waals surface area contributed by atoms with Gasteiger partial charge in [-0.1, -0.05) is 24.3 Å². The molecule has 0 N–H and O–H groups in total. The van der Waals surface area contributed by atoms with E-state index >= 15 is 0 Å². The fourth-order valence-electron chi connectivity index (χ4n) is 2.85. The number of nitro benzene ring substituents is 1. The molecule has 1 aliphatic rings. The number of methoxy groups -OCH3 is 1. The van der Waals surface area contributed by atoms with Gasteiger partial charge in [-0.05, 0) is 18.2 Å². The highest BCUT2D eigenvalue weighted by Crippen LogP contribution is 2.28. The van der Waals surface area contributed by atoms with Crippen LogP contribution in [0.4, 0.5) is 11.4 Å². The van der Waals surface area contributed by atoms with Crippen molar-refractivity contribution < 1.29 is 9.66 Å². The monoisotopic (exact) mass is 340 g/mol. The van der Waals surface area contributed by atoms with Crippen molar-refractivity contribution in [1.29, 1.82) is 0 Å². The summed E-state index contributed by atoms with van der Waals surface area (Å²) in [6, 6.07) is 14.6. The van der Waals surface area contributed by atoms with Crippen molar-refractivity contribution in [3.05, 3.63) is 64.2 Å². The Morgan fingerprint density at radius 3 is 2.48 bits per heavy atom. The summed E-state index contributed by atoms with van der Waals surface area (Å²) < 4.78 is 5.42. The van der Waals surface area contributed by atoms with Crippen LogP contribution in [0.25, 0.3) is 0 Å². The predicted octanol–water partition coefficient (Wildman–Crippen LogP) is 2.76. The Bertz CT molecular complexity index is 770. The largest absolute Gasteiger partial charge is 0.495 e. The van der Waals surface area contributed by atoms with E-state index in [0.29, 0.717) is 5.56 Å². The molecule has 1 heterocycles. The van der Waals surface area contributed by atoms with Crippen LogP contribution in [0.1, 0.15) is 5.56 Å². The third-order valence-corrected chi connectivity index (χ3v) is 4.18. The maximum Gasteiger partial charge on any atom is 0.278 e. The number of hydrazone groups is 1. The van der Waals surface area contributed by atoms with E-state index in [0.717, 1.165) is 37.6 Å². The Balaban J connectivity index is 1.64. The molecule has 0 unspecified atom stereocenters. The first-order valence-electron chi connectivity index (χ1n) is 8.09. The van der Waals surface area contributed by atoms with Gasteiger partial charge >= 0.3 is 0 Å². The van der Waals surface area contributed by atoms with Gasteiger partial charge in [0.15, 0.2) is 0 Å². The molecule has 0 amide bonds. The number of benzene rings is 2. The molecule has 2 aromatic rings. The molecule has 0 radical (unpaired) electrons. The van der Waals surface area contributed by atoms with Gasteiger partial charge < -0.3 is 9.64 Å². The van der Waals surface area contributed by atoms with Crippen molar-refractivity contribution in [2.45, 2.75) is 0 Å². The van der Waals surface area contributed by atoms with E-state index in [1.165, 1.54) is 6.07 Å². The van der Waals surface area contributed by atoms with Gasteiger partial charge in [0.25, 0.3) is 5.69 Å². The molecule has 1 aliphatic heterocycles. The van der Waals surface area contributed by atoms with E-state index in [4.69, 9.17) is 4.74 Å². The molecular formula is C18H20N4O3. The fraction of sp³-hybridized carbons (Fsp3) is 0.278. The Hall–Kier alpha value is -3.09. The lowest BCUT2D eigenvalue weighted by atomic mass is 10.2. The van der Waals surface area contributed by atoms with E-state index in [2.05, 4.69) is 10.0 Å². The Morgan fingerprint density at radius 2 is 1.76 bits per heavy atom. The zero-order valence-corrected chi connectivity index (χ0v) is 14.0. The van der Waals surface area contributed by atoms with Crippen LogP contribution in [0.5, 0.6) is 5.75 Å². The van der Waals surface area contributed by atoms with Crippen molar-refractivity contribution >= 4 is 17.6 Å². The molecular weight excluding hydrogens is 320 g/mol. The average molecular weight is 340 g/mol. The maximum atomic E-state index is 11.0. The molecule has 7 nitrogen and oxygen atoms in total. The Morgan fingerprint density at radius 1 is 1.08 bits per heavy atom. The number of nitro groups is 1. The molecule has 1 fully saturated rings. The second-order valence-corrected chi connectivity index (χ2v) is 5.67. The highest BCUT2D eigenvalue weighted by atomic mass is 16.6. The number of hydrogen-bond acceptors (Lipinski definition) is 6. The van der Waals surface area contributed by atoms with Crippen LogP contribution < -0.4 is 9.64 Å². The summed E-state index contributed by atoms with van der Waals surface area (Å²) in [4.78, 5) is 12.9. The van der Waals surface area contributed by atoms with Crippen molar-refractivity contribution in [2.75, 3.05) is 38.2 Å². The summed E-state index contributed by atoms with van der Waals surface area (Å²) in [7, 11) is 1.67. The Labute approximate surface area is 146 Å². The number of anilines is 1. The molecule has 1 saturated heterocycles. The summed E-state index contributed by atoms with van der Waals surface area (Å²) in [5.41, 5.74) is 1.66. The van der Waals surface area contributed by atoms with Gasteiger partial charge in [0.1, 0.15) is 5.75 Å². The molecule has 0 aliphatic carbocycles. The summed E-state index contributed by atoms with van der Waals surface area (Å²) in [6.45, 7) is 3.12. The molecule has 7 heteroatoms. The zero-order valence-electron chi connectivity index (χ0n) is 14.0. The van der Waals surface area contributed by atoms with E-state index in [9.17, 15) is 10.1 Å². The number of para-hydroxylation sites is 3. The summed E-state index contributed by atoms with van der Waals surface area (Å²) >= 11 is 0. The van der Waals surface area contributed by atoms with E-state index < -0.39 is 0 Å². The molecule has 25 heavy (non-hydrogen) atoms. The number of ether oxygens (including phenoxy) is 1. The van der Waals surface area contributed by atoms with Crippen molar-refractivity contribution in [2.24, 2.45) is 5.10 Å². The number of piperazine rings is 1. The van der Waals surface area contributed by atoms with Crippen LogP contribution in [0.15, 0.2) is 53.6 Å². The SMILES string of the molecule is COc1ccccc1N1CCN(/N=C\c2ccccc2[N+](=O)[O-])CC1. The van der Waals surface area contributed by atoms with Crippen LogP contribution in [-0.4, -0.2) is 49.4 Å². The van der Waals surface area contributed by atoms with Gasteiger partial charge in [0.2, 0.25) is 0 Å². The molecule has 2 aromatic carbocycles. The second-order valence-electron chi connectivity index (χ2n) is 5.67. The molecule has 3 rings (SSSR count). The minimum absolute atomic E-state index is 0.0684. The summed E-state index contributed by atoms with van der Waals surface area (Å²) in [5, 5.41) is 17.4. The van der Waals surface area contributed by atoms with Gasteiger partial charge in [0, 0.05) is 19.2 Å². The van der Waals surface area contributed by atoms with Crippen LogP contribution in [0.2, 0.25) is 0 Å². The van der Waals surface area contributed by atoms with E-state index in [1.807, 2.05) is 29.3 Å². The lowest BCUT2D eigenvalue weighted by Crippen LogP contribution is -2.44. The van der Waals surface area contributed by atoms with Crippen LogP contribution >= 0.6 is 0 Å². The van der Waals surface area contributed by atoms with Gasteiger partial charge in [-0.2, -0.15) is 5.10 Å². The van der Waals surface area contributed by atoms with Crippen molar-refractivity contribution in [3.8, 4) is 5.75 Å². The van der Waals surface area contributed by atoms with Crippen LogP contribution in [0, 0.1) is 10.1 Å². The second kappa shape index (κ2) is 7.65. The number of hydrogen-bond donors (Lipinski definition) is 0. The molecule has 0 bridgehead atoms. The average Bonchev–Trinajstić information content (AvgIpc) is 2.67. The van der Waals surface area contributed by atoms with E-state index in [1.54, 1.807) is 31.5 Å². The quantitative estimate of drug-likeness (QED) is 0.475. The minimum Gasteiger partial charge on any atom is -0.495 e. The predicted molar refractivity (Wildman–Crippen MR) is 97.5 cm³/mol. The molecule has 0 spiro atoms. The standard InChI is InChI=1S/C18H20N4O3/c1-25-18-9-5-4-8-17(18)20-10-12-21(13-11-20)19-14-15-6-2-3-7-16(15)22(23)24/h2-9,14H,10-13H2,1H3/b19-14-. The lowest BCUT2D eigenvalue weighted by molar-refractivity contribution is -0.385. The van der Waals surface area contributed by atoms with Gasteiger partial charge in [-0.15, -0.1) is 0 Å². The van der Waals surface area contributed by atoms with Gasteiger partial charge in [-0.3, -0.25) is 15.1 Å². The smallest absolute Gasteiger partial charge is 0.278 e. The first-order valence-corrected chi connectivity index (χ1v) is 8.09. The molecule has 0 atom stereocenters. The number of nitrogens with zero attached hydrogens (tertiary/aromatic N) is 4. The summed E-state index contributed by atoms with van der Waals surface area (Å²) in [5.74, 6) is 0.861. The molecule has 130 valence electrons.